The van der Waals surface area contributed by atoms with Gasteiger partial charge in [0.15, 0.2) is 5.78 Å². The Kier molecular flexibility index (Phi) is 3.27. The average Bonchev–Trinajstić information content (AvgIpc) is 2.67. The summed E-state index contributed by atoms with van der Waals surface area (Å²) in [6, 6.07) is 5.47. The zero-order chi connectivity index (χ0) is 12.4. The maximum absolute atomic E-state index is 12.0. The van der Waals surface area contributed by atoms with Gasteiger partial charge in [0, 0.05) is 17.7 Å². The van der Waals surface area contributed by atoms with Crippen LogP contribution in [0.2, 0.25) is 0 Å². The fourth-order valence-corrected chi connectivity index (χ4v) is 1.98. The molecule has 1 unspecified atom stereocenters. The van der Waals surface area contributed by atoms with Crippen LogP contribution in [0, 0.1) is 5.92 Å². The van der Waals surface area contributed by atoms with Gasteiger partial charge in [-0.1, -0.05) is 20.3 Å². The summed E-state index contributed by atoms with van der Waals surface area (Å²) in [7, 11) is 0. The lowest BCUT2D eigenvalue weighted by Crippen LogP contribution is -2.05. The van der Waals surface area contributed by atoms with Crippen molar-refractivity contribution >= 4 is 17.4 Å². The Balaban J connectivity index is 2.16. The topological polar surface area (TPSA) is 46.2 Å². The van der Waals surface area contributed by atoms with Gasteiger partial charge in [-0.2, -0.15) is 0 Å². The van der Waals surface area contributed by atoms with Crippen LogP contribution in [0.4, 0.5) is 5.69 Å². The average molecular weight is 231 g/mol. The van der Waals surface area contributed by atoms with Crippen molar-refractivity contribution in [1.29, 1.82) is 0 Å². The van der Waals surface area contributed by atoms with Crippen LogP contribution in [-0.4, -0.2) is 11.7 Å². The molecular weight excluding hydrogens is 214 g/mol. The summed E-state index contributed by atoms with van der Waals surface area (Å²) < 4.78 is 0. The van der Waals surface area contributed by atoms with Gasteiger partial charge in [0.25, 0.3) is 0 Å². The van der Waals surface area contributed by atoms with Crippen LogP contribution in [0.1, 0.15) is 42.6 Å². The maximum atomic E-state index is 12.0. The number of benzene rings is 1. The number of carbonyl (C=O) groups is 2. The maximum Gasteiger partial charge on any atom is 0.228 e. The predicted octanol–water partition coefficient (Wildman–Crippen LogP) is 2.80. The van der Waals surface area contributed by atoms with Crippen LogP contribution < -0.4 is 5.32 Å². The second-order valence-corrected chi connectivity index (χ2v) is 4.74. The Hall–Kier alpha value is -1.64. The first-order valence-corrected chi connectivity index (χ1v) is 6.06. The van der Waals surface area contributed by atoms with Gasteiger partial charge in [-0.3, -0.25) is 9.59 Å². The van der Waals surface area contributed by atoms with Crippen molar-refractivity contribution in [2.24, 2.45) is 5.92 Å². The summed E-state index contributed by atoms with van der Waals surface area (Å²) in [5, 5.41) is 2.77. The first kappa shape index (κ1) is 11.8. The highest BCUT2D eigenvalue weighted by Gasteiger charge is 2.19. The van der Waals surface area contributed by atoms with Crippen LogP contribution in [0.25, 0.3) is 0 Å². The van der Waals surface area contributed by atoms with Gasteiger partial charge in [-0.25, -0.2) is 0 Å². The van der Waals surface area contributed by atoms with Crippen molar-refractivity contribution in [1.82, 2.24) is 0 Å². The molecule has 2 rings (SSSR count). The standard InChI is InChI=1S/C14H17NO2/c1-3-9(2)6-13(16)10-4-5-12-11(7-10)8-14(17)15-12/h4-5,7,9H,3,6,8H2,1-2H3,(H,15,17). The highest BCUT2D eigenvalue weighted by Crippen LogP contribution is 2.25. The molecule has 0 saturated carbocycles. The third-order valence-corrected chi connectivity index (χ3v) is 3.28. The molecule has 1 atom stereocenters. The molecule has 0 spiro atoms. The van der Waals surface area contributed by atoms with E-state index in [2.05, 4.69) is 19.2 Å². The normalized spacial score (nSPS) is 15.3. The molecule has 1 aromatic rings. The van der Waals surface area contributed by atoms with Gasteiger partial charge in [-0.15, -0.1) is 0 Å². The Morgan fingerprint density at radius 1 is 1.47 bits per heavy atom. The number of hydrogen-bond acceptors (Lipinski definition) is 2. The number of fused-ring (bicyclic) bond motifs is 1. The van der Waals surface area contributed by atoms with E-state index in [4.69, 9.17) is 0 Å². The van der Waals surface area contributed by atoms with Crippen molar-refractivity contribution in [2.45, 2.75) is 33.1 Å². The van der Waals surface area contributed by atoms with E-state index in [1.807, 2.05) is 12.1 Å². The fraction of sp³-hybridized carbons (Fsp3) is 0.429. The molecule has 0 aliphatic carbocycles. The number of rotatable bonds is 4. The van der Waals surface area contributed by atoms with Gasteiger partial charge in [0.2, 0.25) is 5.91 Å². The summed E-state index contributed by atoms with van der Waals surface area (Å²) in [6.07, 6.45) is 1.98. The Morgan fingerprint density at radius 2 is 2.24 bits per heavy atom. The van der Waals surface area contributed by atoms with Crippen LogP contribution in [0.5, 0.6) is 0 Å². The van der Waals surface area contributed by atoms with Crippen molar-refractivity contribution < 1.29 is 9.59 Å². The lowest BCUT2D eigenvalue weighted by molar-refractivity contribution is -0.115. The molecule has 1 amide bonds. The monoisotopic (exact) mass is 231 g/mol. The predicted molar refractivity (Wildman–Crippen MR) is 67.2 cm³/mol. The second-order valence-electron chi connectivity index (χ2n) is 4.74. The first-order chi connectivity index (χ1) is 8.10. The third kappa shape index (κ3) is 2.54. The summed E-state index contributed by atoms with van der Waals surface area (Å²) in [5.41, 5.74) is 2.50. The molecule has 3 heteroatoms. The summed E-state index contributed by atoms with van der Waals surface area (Å²) in [6.45, 7) is 4.17. The molecule has 3 nitrogen and oxygen atoms in total. The molecule has 1 heterocycles. The molecule has 1 aromatic carbocycles. The SMILES string of the molecule is CCC(C)CC(=O)c1ccc2c(c1)CC(=O)N2. The molecule has 1 aliphatic rings. The molecule has 1 aliphatic heterocycles. The highest BCUT2D eigenvalue weighted by atomic mass is 16.1. The summed E-state index contributed by atoms with van der Waals surface area (Å²) in [4.78, 5) is 23.2. The number of ketones is 1. The van der Waals surface area contributed by atoms with E-state index < -0.39 is 0 Å². The minimum Gasteiger partial charge on any atom is -0.326 e. The highest BCUT2D eigenvalue weighted by molar-refractivity contribution is 6.02. The van der Waals surface area contributed by atoms with Crippen LogP contribution in [0.3, 0.4) is 0 Å². The van der Waals surface area contributed by atoms with Crippen LogP contribution in [-0.2, 0) is 11.2 Å². The quantitative estimate of drug-likeness (QED) is 0.810. The van der Waals surface area contributed by atoms with Gasteiger partial charge in [-0.05, 0) is 29.7 Å². The number of amides is 1. The van der Waals surface area contributed by atoms with E-state index in [9.17, 15) is 9.59 Å². The number of Topliss-reactive ketones (excluding diaryl/α,β-unsaturated/α-hetero) is 1. The zero-order valence-corrected chi connectivity index (χ0v) is 10.2. The van der Waals surface area contributed by atoms with Crippen molar-refractivity contribution in [2.75, 3.05) is 5.32 Å². The van der Waals surface area contributed by atoms with E-state index >= 15 is 0 Å². The molecule has 0 saturated heterocycles. The summed E-state index contributed by atoms with van der Waals surface area (Å²) >= 11 is 0. The van der Waals surface area contributed by atoms with E-state index in [0.29, 0.717) is 18.8 Å². The Bertz CT molecular complexity index is 465. The van der Waals surface area contributed by atoms with Gasteiger partial charge in [0.05, 0.1) is 6.42 Å². The largest absolute Gasteiger partial charge is 0.326 e. The molecular formula is C14H17NO2. The number of anilines is 1. The van der Waals surface area contributed by atoms with Crippen molar-refractivity contribution in [3.8, 4) is 0 Å². The molecule has 1 N–H and O–H groups in total. The molecule has 0 bridgehead atoms. The molecule has 90 valence electrons. The first-order valence-electron chi connectivity index (χ1n) is 6.06. The van der Waals surface area contributed by atoms with Crippen molar-refractivity contribution in [3.63, 3.8) is 0 Å². The zero-order valence-electron chi connectivity index (χ0n) is 10.2. The van der Waals surface area contributed by atoms with Crippen LogP contribution in [0.15, 0.2) is 18.2 Å². The minimum atomic E-state index is 0.00604. The summed E-state index contributed by atoms with van der Waals surface area (Å²) in [5.74, 6) is 0.587. The number of nitrogens with one attached hydrogen (secondary N) is 1. The van der Waals surface area contributed by atoms with E-state index in [-0.39, 0.29) is 11.7 Å². The van der Waals surface area contributed by atoms with Gasteiger partial charge in [0.1, 0.15) is 0 Å². The molecule has 0 radical (unpaired) electrons. The Labute approximate surface area is 101 Å². The van der Waals surface area contributed by atoms with E-state index in [1.165, 1.54) is 0 Å². The minimum absolute atomic E-state index is 0.00604. The van der Waals surface area contributed by atoms with Gasteiger partial charge >= 0.3 is 0 Å². The Morgan fingerprint density at radius 3 is 2.94 bits per heavy atom. The number of carbonyl (C=O) groups excluding carboxylic acids is 2. The lowest BCUT2D eigenvalue weighted by Gasteiger charge is -2.08. The van der Waals surface area contributed by atoms with E-state index in [0.717, 1.165) is 23.2 Å². The molecule has 0 aromatic heterocycles. The van der Waals surface area contributed by atoms with Crippen molar-refractivity contribution in [3.05, 3.63) is 29.3 Å². The van der Waals surface area contributed by atoms with Gasteiger partial charge < -0.3 is 5.32 Å². The third-order valence-electron chi connectivity index (χ3n) is 3.28. The van der Waals surface area contributed by atoms with Crippen LogP contribution >= 0.6 is 0 Å². The molecule has 17 heavy (non-hydrogen) atoms. The molecule has 0 fully saturated rings. The smallest absolute Gasteiger partial charge is 0.228 e. The fourth-order valence-electron chi connectivity index (χ4n) is 1.98. The second kappa shape index (κ2) is 4.70. The number of hydrogen-bond donors (Lipinski definition) is 1. The van der Waals surface area contributed by atoms with E-state index in [1.54, 1.807) is 6.07 Å². The lowest BCUT2D eigenvalue weighted by atomic mass is 9.96.